The summed E-state index contributed by atoms with van der Waals surface area (Å²) in [5.74, 6) is 5.88. The average molecular weight is 308 g/mol. The number of nitrogen functional groups attached to an aromatic ring is 1. The average Bonchev–Trinajstić information content (AvgIpc) is 2.47. The molecule has 0 bridgehead atoms. The monoisotopic (exact) mass is 307 g/mol. The Morgan fingerprint density at radius 1 is 1.33 bits per heavy atom. The van der Waals surface area contributed by atoms with E-state index in [2.05, 4.69) is 5.43 Å². The molecule has 0 fully saturated rings. The van der Waals surface area contributed by atoms with Gasteiger partial charge in [0.2, 0.25) is 0 Å². The summed E-state index contributed by atoms with van der Waals surface area (Å²) >= 11 is 5.91. The molecule has 0 unspecified atom stereocenters. The fraction of sp³-hybridized carbons (Fsp3) is 0.143. The van der Waals surface area contributed by atoms with Crippen molar-refractivity contribution >= 4 is 23.0 Å². The predicted octanol–water partition coefficient (Wildman–Crippen LogP) is 3.42. The highest BCUT2D eigenvalue weighted by atomic mass is 35.5. The molecule has 0 radical (unpaired) electrons. The Bertz CT molecular complexity index is 677. The second-order valence-corrected chi connectivity index (χ2v) is 4.89. The van der Waals surface area contributed by atoms with Crippen molar-refractivity contribution in [2.75, 3.05) is 5.43 Å². The fourth-order valence-corrected chi connectivity index (χ4v) is 1.99. The van der Waals surface area contributed by atoms with Crippen molar-refractivity contribution in [3.8, 4) is 5.75 Å². The molecule has 0 spiro atoms. The van der Waals surface area contributed by atoms with Crippen molar-refractivity contribution < 1.29 is 9.66 Å². The molecule has 2 aromatic rings. The molecular formula is C14H14ClN3O3. The standard InChI is InChI=1S/C14H14ClN3O3/c1-9-2-4-11(15)7-14(9)21-8-10-3-5-12(17-16)13(6-10)18(19)20/h2-7,17H,8,16H2,1H3. The molecule has 0 amide bonds. The number of halogens is 1. The maximum absolute atomic E-state index is 11.0. The lowest BCUT2D eigenvalue weighted by atomic mass is 10.2. The molecule has 21 heavy (non-hydrogen) atoms. The van der Waals surface area contributed by atoms with Crippen molar-refractivity contribution in [1.29, 1.82) is 0 Å². The first-order chi connectivity index (χ1) is 10.0. The third-order valence-electron chi connectivity index (χ3n) is 2.96. The zero-order valence-electron chi connectivity index (χ0n) is 11.3. The van der Waals surface area contributed by atoms with Gasteiger partial charge in [0.15, 0.2) is 0 Å². The summed E-state index contributed by atoms with van der Waals surface area (Å²) in [5.41, 5.74) is 4.06. The maximum Gasteiger partial charge on any atom is 0.294 e. The fourth-order valence-electron chi connectivity index (χ4n) is 1.83. The molecule has 0 atom stereocenters. The lowest BCUT2D eigenvalue weighted by molar-refractivity contribution is -0.384. The van der Waals surface area contributed by atoms with Gasteiger partial charge in [-0.15, -0.1) is 0 Å². The number of nitro groups is 1. The molecule has 0 aliphatic rings. The number of nitrogens with two attached hydrogens (primary N) is 1. The first kappa shape index (κ1) is 15.1. The molecule has 0 aromatic heterocycles. The summed E-state index contributed by atoms with van der Waals surface area (Å²) < 4.78 is 5.65. The number of benzene rings is 2. The summed E-state index contributed by atoms with van der Waals surface area (Å²) in [4.78, 5) is 10.5. The maximum atomic E-state index is 11.0. The highest BCUT2D eigenvalue weighted by Crippen LogP contribution is 2.27. The van der Waals surface area contributed by atoms with E-state index in [1.165, 1.54) is 6.07 Å². The molecule has 0 aliphatic carbocycles. The van der Waals surface area contributed by atoms with E-state index in [1.54, 1.807) is 24.3 Å². The van der Waals surface area contributed by atoms with E-state index < -0.39 is 4.92 Å². The van der Waals surface area contributed by atoms with Crippen LogP contribution in [0.25, 0.3) is 0 Å². The third kappa shape index (κ3) is 3.62. The Kier molecular flexibility index (Phi) is 4.62. The van der Waals surface area contributed by atoms with Crippen molar-refractivity contribution in [2.45, 2.75) is 13.5 Å². The van der Waals surface area contributed by atoms with Gasteiger partial charge in [-0.3, -0.25) is 16.0 Å². The van der Waals surface area contributed by atoms with Crippen LogP contribution in [0, 0.1) is 17.0 Å². The van der Waals surface area contributed by atoms with Gasteiger partial charge in [-0.05, 0) is 36.2 Å². The largest absolute Gasteiger partial charge is 0.489 e. The van der Waals surface area contributed by atoms with Crippen molar-refractivity contribution in [1.82, 2.24) is 0 Å². The quantitative estimate of drug-likeness (QED) is 0.502. The number of nitrogens with one attached hydrogen (secondary N) is 1. The Balaban J connectivity index is 2.18. The van der Waals surface area contributed by atoms with E-state index in [9.17, 15) is 10.1 Å². The number of anilines is 1. The first-order valence-corrected chi connectivity index (χ1v) is 6.52. The van der Waals surface area contributed by atoms with Crippen molar-refractivity contribution in [2.24, 2.45) is 5.84 Å². The Morgan fingerprint density at radius 3 is 2.76 bits per heavy atom. The van der Waals surface area contributed by atoms with Crippen LogP contribution in [0.5, 0.6) is 5.75 Å². The van der Waals surface area contributed by atoms with E-state index >= 15 is 0 Å². The van der Waals surface area contributed by atoms with Crippen LogP contribution in [-0.2, 0) is 6.61 Å². The van der Waals surface area contributed by atoms with Crippen LogP contribution < -0.4 is 16.0 Å². The number of nitrogens with zero attached hydrogens (tertiary/aromatic N) is 1. The van der Waals surface area contributed by atoms with Gasteiger partial charge < -0.3 is 10.2 Å². The van der Waals surface area contributed by atoms with Crippen molar-refractivity contribution in [3.63, 3.8) is 0 Å². The van der Waals surface area contributed by atoms with Crippen LogP contribution in [0.4, 0.5) is 11.4 Å². The summed E-state index contributed by atoms with van der Waals surface area (Å²) in [6.07, 6.45) is 0. The Labute approximate surface area is 126 Å². The predicted molar refractivity (Wildman–Crippen MR) is 81.4 cm³/mol. The topological polar surface area (TPSA) is 90.4 Å². The Morgan fingerprint density at radius 2 is 2.10 bits per heavy atom. The molecule has 3 N–H and O–H groups in total. The lowest BCUT2D eigenvalue weighted by Gasteiger charge is -2.10. The molecule has 0 aliphatic heterocycles. The van der Waals surface area contributed by atoms with Crippen LogP contribution in [0.1, 0.15) is 11.1 Å². The van der Waals surface area contributed by atoms with Crippen LogP contribution in [0.3, 0.4) is 0 Å². The van der Waals surface area contributed by atoms with Gasteiger partial charge in [0, 0.05) is 11.1 Å². The summed E-state index contributed by atoms with van der Waals surface area (Å²) in [5, 5.41) is 11.5. The van der Waals surface area contributed by atoms with Gasteiger partial charge in [0.05, 0.1) is 4.92 Å². The van der Waals surface area contributed by atoms with E-state index in [-0.39, 0.29) is 18.0 Å². The summed E-state index contributed by atoms with van der Waals surface area (Å²) in [6, 6.07) is 10.0. The number of aryl methyl sites for hydroxylation is 1. The SMILES string of the molecule is Cc1ccc(Cl)cc1OCc1ccc(NN)c([N+](=O)[O-])c1. The van der Waals surface area contributed by atoms with Crippen LogP contribution in [-0.4, -0.2) is 4.92 Å². The molecule has 6 nitrogen and oxygen atoms in total. The zero-order valence-corrected chi connectivity index (χ0v) is 12.1. The normalized spacial score (nSPS) is 10.2. The number of hydrogen-bond donors (Lipinski definition) is 2. The number of nitro benzene ring substituents is 1. The molecule has 0 saturated heterocycles. The second-order valence-electron chi connectivity index (χ2n) is 4.45. The van der Waals surface area contributed by atoms with Crippen LogP contribution in [0.2, 0.25) is 5.02 Å². The highest BCUT2D eigenvalue weighted by molar-refractivity contribution is 6.30. The van der Waals surface area contributed by atoms with E-state index in [4.69, 9.17) is 22.2 Å². The third-order valence-corrected chi connectivity index (χ3v) is 3.19. The summed E-state index contributed by atoms with van der Waals surface area (Å²) in [6.45, 7) is 2.10. The molecule has 2 aromatic carbocycles. The Hall–Kier alpha value is -2.31. The van der Waals surface area contributed by atoms with E-state index in [0.29, 0.717) is 16.3 Å². The number of rotatable bonds is 5. The van der Waals surface area contributed by atoms with Gasteiger partial charge in [0.25, 0.3) is 5.69 Å². The lowest BCUT2D eigenvalue weighted by Crippen LogP contribution is -2.09. The molecule has 2 rings (SSSR count). The van der Waals surface area contributed by atoms with E-state index in [1.807, 2.05) is 13.0 Å². The van der Waals surface area contributed by atoms with Crippen molar-refractivity contribution in [3.05, 3.63) is 62.7 Å². The molecule has 110 valence electrons. The van der Waals surface area contributed by atoms with Gasteiger partial charge in [0.1, 0.15) is 18.0 Å². The highest BCUT2D eigenvalue weighted by Gasteiger charge is 2.14. The van der Waals surface area contributed by atoms with Gasteiger partial charge in [-0.25, -0.2) is 0 Å². The first-order valence-electron chi connectivity index (χ1n) is 6.14. The minimum absolute atomic E-state index is 0.0959. The second kappa shape index (κ2) is 6.43. The minimum Gasteiger partial charge on any atom is -0.489 e. The van der Waals surface area contributed by atoms with Crippen LogP contribution in [0.15, 0.2) is 36.4 Å². The molecular weight excluding hydrogens is 294 g/mol. The zero-order chi connectivity index (χ0) is 15.4. The van der Waals surface area contributed by atoms with Gasteiger partial charge in [-0.1, -0.05) is 23.7 Å². The molecule has 0 heterocycles. The summed E-state index contributed by atoms with van der Waals surface area (Å²) in [7, 11) is 0. The number of hydrazine groups is 1. The molecule has 7 heteroatoms. The minimum atomic E-state index is -0.497. The number of hydrogen-bond acceptors (Lipinski definition) is 5. The smallest absolute Gasteiger partial charge is 0.294 e. The van der Waals surface area contributed by atoms with Gasteiger partial charge >= 0.3 is 0 Å². The number of ether oxygens (including phenoxy) is 1. The molecule has 0 saturated carbocycles. The van der Waals surface area contributed by atoms with Gasteiger partial charge in [-0.2, -0.15) is 0 Å². The van der Waals surface area contributed by atoms with E-state index in [0.717, 1.165) is 5.56 Å². The van der Waals surface area contributed by atoms with Crippen LogP contribution >= 0.6 is 11.6 Å².